The summed E-state index contributed by atoms with van der Waals surface area (Å²) in [5.74, 6) is 0.0915. The number of nitrogens with zero attached hydrogens (tertiary/aromatic N) is 3. The number of halogens is 4. The molecule has 0 radical (unpaired) electrons. The van der Waals surface area contributed by atoms with Gasteiger partial charge in [0.1, 0.15) is 5.56 Å². The lowest BCUT2D eigenvalue weighted by Crippen LogP contribution is -2.23. The van der Waals surface area contributed by atoms with Crippen LogP contribution in [0.3, 0.4) is 0 Å². The number of benzene rings is 2. The Morgan fingerprint density at radius 2 is 1.82 bits per heavy atom. The Morgan fingerprint density at radius 3 is 2.50 bits per heavy atom. The van der Waals surface area contributed by atoms with Gasteiger partial charge in [0.2, 0.25) is 0 Å². The van der Waals surface area contributed by atoms with E-state index in [1.54, 1.807) is 36.4 Å². The van der Waals surface area contributed by atoms with Gasteiger partial charge in [-0.05, 0) is 35.9 Å². The van der Waals surface area contributed by atoms with Gasteiger partial charge in [-0.2, -0.15) is 18.3 Å². The predicted octanol–water partition coefficient (Wildman–Crippen LogP) is 5.02. The lowest BCUT2D eigenvalue weighted by Gasteiger charge is -2.13. The highest BCUT2D eigenvalue weighted by atomic mass is 35.5. The summed E-state index contributed by atoms with van der Waals surface area (Å²) in [5.41, 5.74) is -0.441. The number of carbonyl (C=O) groups is 1. The van der Waals surface area contributed by atoms with Crippen molar-refractivity contribution in [3.8, 4) is 22.8 Å². The van der Waals surface area contributed by atoms with E-state index in [9.17, 15) is 18.0 Å². The van der Waals surface area contributed by atoms with E-state index in [0.717, 1.165) is 12.3 Å². The summed E-state index contributed by atoms with van der Waals surface area (Å²) >= 11 is 6.11. The van der Waals surface area contributed by atoms with Gasteiger partial charge in [0, 0.05) is 17.1 Å². The molecule has 2 aromatic carbocycles. The number of rotatable bonds is 6. The first kappa shape index (κ1) is 23.4. The molecule has 0 saturated carbocycles. The van der Waals surface area contributed by atoms with Crippen LogP contribution in [0.15, 0.2) is 54.7 Å². The Labute approximate surface area is 197 Å². The number of hydrogen-bond acceptors (Lipinski definition) is 5. The molecule has 0 atom stereocenters. The smallest absolute Gasteiger partial charge is 0.433 e. The highest BCUT2D eigenvalue weighted by molar-refractivity contribution is 6.31. The van der Waals surface area contributed by atoms with Crippen LogP contribution in [-0.2, 0) is 12.7 Å². The first-order valence-corrected chi connectivity index (χ1v) is 10.3. The standard InChI is InChI=1S/C23H18ClF3N4O3/c1-33-18-8-7-13(9-19(18)34-2)17-10-20(23(25,26)27)31-21(30-17)15(12-29-31)22(32)28-11-14-5-3-4-6-16(14)24/h3-10,12H,11H2,1-2H3,(H,28,32). The number of fused-ring (bicyclic) bond motifs is 1. The average Bonchev–Trinajstić information content (AvgIpc) is 3.25. The van der Waals surface area contributed by atoms with Crippen LogP contribution in [0.1, 0.15) is 21.6 Å². The third-order valence-electron chi connectivity index (χ3n) is 5.08. The Bertz CT molecular complexity index is 1370. The molecule has 0 aliphatic rings. The molecule has 7 nitrogen and oxygen atoms in total. The van der Waals surface area contributed by atoms with E-state index in [-0.39, 0.29) is 23.4 Å². The average molecular weight is 491 g/mol. The van der Waals surface area contributed by atoms with Gasteiger partial charge in [-0.1, -0.05) is 29.8 Å². The second-order valence-corrected chi connectivity index (χ2v) is 7.57. The Balaban J connectivity index is 1.78. The number of alkyl halides is 3. The lowest BCUT2D eigenvalue weighted by molar-refractivity contribution is -0.142. The zero-order valence-electron chi connectivity index (χ0n) is 18.0. The van der Waals surface area contributed by atoms with Crippen LogP contribution >= 0.6 is 11.6 Å². The maximum Gasteiger partial charge on any atom is 0.433 e. The first-order valence-electron chi connectivity index (χ1n) is 9.93. The van der Waals surface area contributed by atoms with Crippen molar-refractivity contribution in [3.63, 3.8) is 0 Å². The van der Waals surface area contributed by atoms with Crippen LogP contribution in [0.25, 0.3) is 16.9 Å². The molecule has 2 aromatic heterocycles. The van der Waals surface area contributed by atoms with Crippen LogP contribution in [0.5, 0.6) is 11.5 Å². The minimum absolute atomic E-state index is 0.0126. The number of methoxy groups -OCH3 is 2. The van der Waals surface area contributed by atoms with Gasteiger partial charge in [-0.3, -0.25) is 4.79 Å². The fourth-order valence-corrected chi connectivity index (χ4v) is 3.58. The zero-order chi connectivity index (χ0) is 24.5. The van der Waals surface area contributed by atoms with Gasteiger partial charge < -0.3 is 14.8 Å². The van der Waals surface area contributed by atoms with Crippen molar-refractivity contribution in [2.45, 2.75) is 12.7 Å². The fourth-order valence-electron chi connectivity index (χ4n) is 3.38. The summed E-state index contributed by atoms with van der Waals surface area (Å²) in [7, 11) is 2.86. The van der Waals surface area contributed by atoms with Crippen molar-refractivity contribution in [1.29, 1.82) is 0 Å². The SMILES string of the molecule is COc1ccc(-c2cc(C(F)(F)F)n3ncc(C(=O)NCc4ccccc4Cl)c3n2)cc1OC. The fraction of sp³-hybridized carbons (Fsp3) is 0.174. The normalized spacial score (nSPS) is 11.5. The highest BCUT2D eigenvalue weighted by Gasteiger charge is 2.36. The Hall–Kier alpha value is -3.79. The van der Waals surface area contributed by atoms with Gasteiger partial charge in [0.25, 0.3) is 5.91 Å². The summed E-state index contributed by atoms with van der Waals surface area (Å²) < 4.78 is 52.6. The van der Waals surface area contributed by atoms with E-state index >= 15 is 0 Å². The lowest BCUT2D eigenvalue weighted by atomic mass is 10.1. The van der Waals surface area contributed by atoms with E-state index in [2.05, 4.69) is 15.4 Å². The van der Waals surface area contributed by atoms with Gasteiger partial charge in [-0.15, -0.1) is 0 Å². The number of nitrogens with one attached hydrogen (secondary N) is 1. The molecule has 2 heterocycles. The molecule has 0 aliphatic heterocycles. The Kier molecular flexibility index (Phi) is 6.34. The van der Waals surface area contributed by atoms with Crippen molar-refractivity contribution in [1.82, 2.24) is 19.9 Å². The third-order valence-corrected chi connectivity index (χ3v) is 5.45. The van der Waals surface area contributed by atoms with Gasteiger partial charge in [0.15, 0.2) is 22.8 Å². The molecule has 0 bridgehead atoms. The Morgan fingerprint density at radius 1 is 1.09 bits per heavy atom. The number of carbonyl (C=O) groups excluding carboxylic acids is 1. The summed E-state index contributed by atoms with van der Waals surface area (Å²) in [6.07, 6.45) is -3.69. The number of ether oxygens (including phenoxy) is 2. The predicted molar refractivity (Wildman–Crippen MR) is 119 cm³/mol. The highest BCUT2D eigenvalue weighted by Crippen LogP contribution is 2.35. The number of amides is 1. The number of aromatic nitrogens is 3. The molecule has 4 rings (SSSR count). The largest absolute Gasteiger partial charge is 0.493 e. The first-order chi connectivity index (χ1) is 16.2. The number of hydrogen-bond donors (Lipinski definition) is 1. The summed E-state index contributed by atoms with van der Waals surface area (Å²) in [6, 6.07) is 12.4. The molecular weight excluding hydrogens is 473 g/mol. The van der Waals surface area contributed by atoms with Crippen molar-refractivity contribution < 1.29 is 27.4 Å². The van der Waals surface area contributed by atoms with Crippen LogP contribution < -0.4 is 14.8 Å². The second-order valence-electron chi connectivity index (χ2n) is 7.16. The van der Waals surface area contributed by atoms with Crippen molar-refractivity contribution >= 4 is 23.2 Å². The van der Waals surface area contributed by atoms with Crippen LogP contribution in [0.4, 0.5) is 13.2 Å². The minimum atomic E-state index is -4.75. The molecule has 0 unspecified atom stereocenters. The molecule has 11 heteroatoms. The molecule has 0 spiro atoms. The van der Waals surface area contributed by atoms with E-state index < -0.39 is 17.8 Å². The molecule has 0 fully saturated rings. The molecule has 1 N–H and O–H groups in total. The summed E-state index contributed by atoms with van der Waals surface area (Å²) in [6.45, 7) is 0.0807. The van der Waals surface area contributed by atoms with E-state index in [1.165, 1.54) is 20.3 Å². The van der Waals surface area contributed by atoms with E-state index in [4.69, 9.17) is 21.1 Å². The van der Waals surface area contributed by atoms with E-state index in [0.29, 0.717) is 32.2 Å². The van der Waals surface area contributed by atoms with Gasteiger partial charge in [0.05, 0.1) is 26.1 Å². The molecule has 34 heavy (non-hydrogen) atoms. The molecular formula is C23H18ClF3N4O3. The monoisotopic (exact) mass is 490 g/mol. The summed E-state index contributed by atoms with van der Waals surface area (Å²) in [4.78, 5) is 17.2. The van der Waals surface area contributed by atoms with Crippen molar-refractivity contribution in [2.75, 3.05) is 14.2 Å². The minimum Gasteiger partial charge on any atom is -0.493 e. The maximum atomic E-state index is 13.9. The van der Waals surface area contributed by atoms with Crippen molar-refractivity contribution in [3.05, 3.63) is 76.6 Å². The molecule has 0 aliphatic carbocycles. The quantitative estimate of drug-likeness (QED) is 0.411. The van der Waals surface area contributed by atoms with Crippen LogP contribution in [0, 0.1) is 0 Å². The molecule has 1 amide bonds. The van der Waals surface area contributed by atoms with Gasteiger partial charge in [-0.25, -0.2) is 9.50 Å². The molecule has 176 valence electrons. The van der Waals surface area contributed by atoms with Crippen molar-refractivity contribution in [2.24, 2.45) is 0 Å². The third kappa shape index (κ3) is 4.49. The summed E-state index contributed by atoms with van der Waals surface area (Å²) in [5, 5.41) is 6.88. The van der Waals surface area contributed by atoms with Crippen LogP contribution in [0.2, 0.25) is 5.02 Å². The molecule has 0 saturated heterocycles. The second kappa shape index (κ2) is 9.22. The molecule has 4 aromatic rings. The zero-order valence-corrected chi connectivity index (χ0v) is 18.7. The topological polar surface area (TPSA) is 77.8 Å². The maximum absolute atomic E-state index is 13.9. The van der Waals surface area contributed by atoms with E-state index in [1.807, 2.05) is 0 Å². The van der Waals surface area contributed by atoms with Gasteiger partial charge >= 0.3 is 6.18 Å². The van der Waals surface area contributed by atoms with Crippen LogP contribution in [-0.4, -0.2) is 34.7 Å².